The zero-order valence-corrected chi connectivity index (χ0v) is 12.8. The molecule has 1 heterocycles. The van der Waals surface area contributed by atoms with Gasteiger partial charge in [-0.2, -0.15) is 0 Å². The molecule has 0 aromatic heterocycles. The van der Waals surface area contributed by atoms with E-state index in [9.17, 15) is 4.79 Å². The molecule has 0 bridgehead atoms. The van der Waals surface area contributed by atoms with Gasteiger partial charge in [0.15, 0.2) is 0 Å². The monoisotopic (exact) mass is 290 g/mol. The fraction of sp³-hybridized carbons (Fsp3) is 0.562. The number of amides is 1. The molecule has 0 saturated heterocycles. The summed E-state index contributed by atoms with van der Waals surface area (Å²) in [4.78, 5) is 12.6. The Kier molecular flexibility index (Phi) is 3.92. The van der Waals surface area contributed by atoms with Crippen molar-refractivity contribution in [3.63, 3.8) is 0 Å². The van der Waals surface area contributed by atoms with Gasteiger partial charge in [-0.05, 0) is 42.9 Å². The lowest BCUT2D eigenvalue weighted by molar-refractivity contribution is -0.116. The number of carbonyl (C=O) groups excluding carboxylic acids is 1. The van der Waals surface area contributed by atoms with Crippen LogP contribution in [0.25, 0.3) is 0 Å². The molecule has 1 fully saturated rings. The number of hydrogen-bond donors (Lipinski definition) is 2. The molecule has 1 aromatic rings. The highest BCUT2D eigenvalue weighted by Gasteiger charge is 2.22. The van der Waals surface area contributed by atoms with E-state index in [2.05, 4.69) is 18.3 Å². The van der Waals surface area contributed by atoms with Crippen molar-refractivity contribution < 1.29 is 4.79 Å². The highest BCUT2D eigenvalue weighted by Crippen LogP contribution is 2.40. The normalized spacial score (nSPS) is 25.9. The molecule has 4 heteroatoms. The highest BCUT2D eigenvalue weighted by molar-refractivity contribution is 8.00. The minimum Gasteiger partial charge on any atom is -0.398 e. The fourth-order valence-corrected chi connectivity index (χ4v) is 4.66. The summed E-state index contributed by atoms with van der Waals surface area (Å²) < 4.78 is 0. The van der Waals surface area contributed by atoms with Crippen molar-refractivity contribution in [1.82, 2.24) is 0 Å². The summed E-state index contributed by atoms with van der Waals surface area (Å²) in [5.41, 5.74) is 9.10. The molecule has 2 atom stereocenters. The van der Waals surface area contributed by atoms with Crippen molar-refractivity contribution in [2.75, 3.05) is 11.1 Å². The Morgan fingerprint density at radius 1 is 1.30 bits per heavy atom. The number of carbonyl (C=O) groups is 1. The van der Waals surface area contributed by atoms with Crippen molar-refractivity contribution in [1.29, 1.82) is 0 Å². The highest BCUT2D eigenvalue weighted by atomic mass is 32.2. The van der Waals surface area contributed by atoms with Crippen LogP contribution in [0.5, 0.6) is 0 Å². The van der Waals surface area contributed by atoms with E-state index in [1.807, 2.05) is 17.8 Å². The van der Waals surface area contributed by atoms with Gasteiger partial charge in [-0.1, -0.05) is 19.8 Å². The maximum absolute atomic E-state index is 11.4. The second-order valence-electron chi connectivity index (χ2n) is 6.11. The summed E-state index contributed by atoms with van der Waals surface area (Å²) in [5, 5.41) is 3.60. The van der Waals surface area contributed by atoms with Gasteiger partial charge in [0.1, 0.15) is 0 Å². The molecule has 0 spiro atoms. The van der Waals surface area contributed by atoms with Crippen LogP contribution >= 0.6 is 11.8 Å². The van der Waals surface area contributed by atoms with E-state index in [0.717, 1.165) is 23.7 Å². The van der Waals surface area contributed by atoms with Crippen molar-refractivity contribution >= 4 is 29.0 Å². The average molecular weight is 290 g/mol. The SMILES string of the molecule is CC1CCCC(Sc2cc3c(cc2N)NC(=O)CC3)C1. The summed E-state index contributed by atoms with van der Waals surface area (Å²) in [6, 6.07) is 4.12. The molecule has 3 nitrogen and oxygen atoms in total. The summed E-state index contributed by atoms with van der Waals surface area (Å²) in [6.07, 6.45) is 6.69. The van der Waals surface area contributed by atoms with Crippen LogP contribution in [0.15, 0.2) is 17.0 Å². The van der Waals surface area contributed by atoms with E-state index in [0.29, 0.717) is 11.7 Å². The molecule has 1 aromatic carbocycles. The Bertz CT molecular complexity index is 529. The van der Waals surface area contributed by atoms with E-state index < -0.39 is 0 Å². The summed E-state index contributed by atoms with van der Waals surface area (Å²) in [5.74, 6) is 0.929. The quantitative estimate of drug-likeness (QED) is 0.814. The second-order valence-corrected chi connectivity index (χ2v) is 7.45. The molecule has 3 N–H and O–H groups in total. The van der Waals surface area contributed by atoms with Gasteiger partial charge in [0.05, 0.1) is 0 Å². The third-order valence-electron chi connectivity index (χ3n) is 4.31. The molecular formula is C16H22N2OS. The van der Waals surface area contributed by atoms with Crippen LogP contribution in [0, 0.1) is 5.92 Å². The Morgan fingerprint density at radius 2 is 2.15 bits per heavy atom. The number of thioether (sulfide) groups is 1. The first-order chi connectivity index (χ1) is 9.61. The Balaban J connectivity index is 1.78. The largest absolute Gasteiger partial charge is 0.398 e. The molecule has 2 unspecified atom stereocenters. The zero-order chi connectivity index (χ0) is 14.1. The standard InChI is InChI=1S/C16H22N2OS/c1-10-3-2-4-12(7-10)20-15-8-11-5-6-16(19)18-14(11)9-13(15)17/h8-10,12H,2-7,17H2,1H3,(H,18,19). The summed E-state index contributed by atoms with van der Waals surface area (Å²) >= 11 is 1.93. The number of nitrogen functional groups attached to an aromatic ring is 1. The number of benzene rings is 1. The third kappa shape index (κ3) is 2.95. The minimum absolute atomic E-state index is 0.0957. The van der Waals surface area contributed by atoms with Gasteiger partial charge in [-0.15, -0.1) is 11.8 Å². The minimum atomic E-state index is 0.0957. The van der Waals surface area contributed by atoms with Crippen LogP contribution in [0.1, 0.15) is 44.6 Å². The van der Waals surface area contributed by atoms with Gasteiger partial charge in [-0.3, -0.25) is 4.79 Å². The predicted molar refractivity (Wildman–Crippen MR) is 85.1 cm³/mol. The molecule has 1 aliphatic heterocycles. The third-order valence-corrected chi connectivity index (χ3v) is 5.68. The maximum Gasteiger partial charge on any atom is 0.224 e. The average Bonchev–Trinajstić information content (AvgIpc) is 2.40. The number of nitrogens with one attached hydrogen (secondary N) is 1. The summed E-state index contributed by atoms with van der Waals surface area (Å²) in [6.45, 7) is 2.35. The zero-order valence-electron chi connectivity index (χ0n) is 11.9. The molecule has 2 aliphatic rings. The van der Waals surface area contributed by atoms with Crippen LogP contribution in [0.2, 0.25) is 0 Å². The van der Waals surface area contributed by atoms with Crippen molar-refractivity contribution in [3.8, 4) is 0 Å². The van der Waals surface area contributed by atoms with Crippen LogP contribution in [0.4, 0.5) is 11.4 Å². The van der Waals surface area contributed by atoms with E-state index in [-0.39, 0.29) is 5.91 Å². The number of aryl methyl sites for hydroxylation is 1. The first-order valence-electron chi connectivity index (χ1n) is 7.50. The van der Waals surface area contributed by atoms with Gasteiger partial charge in [-0.25, -0.2) is 0 Å². The molecule has 0 radical (unpaired) electrons. The maximum atomic E-state index is 11.4. The van der Waals surface area contributed by atoms with E-state index >= 15 is 0 Å². The van der Waals surface area contributed by atoms with Crippen molar-refractivity contribution in [2.45, 2.75) is 55.6 Å². The number of rotatable bonds is 2. The molecule has 20 heavy (non-hydrogen) atoms. The van der Waals surface area contributed by atoms with Crippen LogP contribution < -0.4 is 11.1 Å². The number of fused-ring (bicyclic) bond motifs is 1. The first kappa shape index (κ1) is 13.8. The first-order valence-corrected chi connectivity index (χ1v) is 8.38. The number of hydrogen-bond acceptors (Lipinski definition) is 3. The number of anilines is 2. The van der Waals surface area contributed by atoms with Crippen LogP contribution in [0.3, 0.4) is 0 Å². The van der Waals surface area contributed by atoms with Gasteiger partial charge >= 0.3 is 0 Å². The molecule has 1 aliphatic carbocycles. The predicted octanol–water partition coefficient (Wildman–Crippen LogP) is 3.82. The van der Waals surface area contributed by atoms with Gasteiger partial charge in [0.2, 0.25) is 5.91 Å². The molecular weight excluding hydrogens is 268 g/mol. The lowest BCUT2D eigenvalue weighted by Gasteiger charge is -2.27. The van der Waals surface area contributed by atoms with E-state index in [1.54, 1.807) is 0 Å². The van der Waals surface area contributed by atoms with Crippen molar-refractivity contribution in [3.05, 3.63) is 17.7 Å². The van der Waals surface area contributed by atoms with Gasteiger partial charge in [0, 0.05) is 27.9 Å². The Labute approximate surface area is 124 Å². The molecule has 1 amide bonds. The van der Waals surface area contributed by atoms with E-state index in [4.69, 9.17) is 5.73 Å². The molecule has 3 rings (SSSR count). The van der Waals surface area contributed by atoms with Gasteiger partial charge < -0.3 is 11.1 Å². The topological polar surface area (TPSA) is 55.1 Å². The Hall–Kier alpha value is -1.16. The Morgan fingerprint density at radius 3 is 2.95 bits per heavy atom. The van der Waals surface area contributed by atoms with Crippen molar-refractivity contribution in [2.24, 2.45) is 5.92 Å². The smallest absolute Gasteiger partial charge is 0.224 e. The van der Waals surface area contributed by atoms with E-state index in [1.165, 1.54) is 36.1 Å². The van der Waals surface area contributed by atoms with Gasteiger partial charge in [0.25, 0.3) is 0 Å². The van der Waals surface area contributed by atoms with Crippen LogP contribution in [-0.4, -0.2) is 11.2 Å². The lowest BCUT2D eigenvalue weighted by Crippen LogP contribution is -2.19. The molecule has 1 saturated carbocycles. The second kappa shape index (κ2) is 5.68. The fourth-order valence-electron chi connectivity index (χ4n) is 3.19. The summed E-state index contributed by atoms with van der Waals surface area (Å²) in [7, 11) is 0. The number of nitrogens with two attached hydrogens (primary N) is 1. The van der Waals surface area contributed by atoms with Crippen LogP contribution in [-0.2, 0) is 11.2 Å². The molecule has 108 valence electrons. The lowest BCUT2D eigenvalue weighted by atomic mass is 9.91.